The molecule has 0 fully saturated rings. The van der Waals surface area contributed by atoms with E-state index in [9.17, 15) is 4.79 Å². The van der Waals surface area contributed by atoms with E-state index < -0.39 is 18.0 Å². The molecular weight excluding hydrogens is 296 g/mol. The SMILES string of the molecule is CC(=O)O.N=C(N)NCCC[C@H](N)C(=O)O.c1ccsc1. The second kappa shape index (κ2) is 14.3. The molecule has 0 bridgehead atoms. The molecule has 8 nitrogen and oxygen atoms in total. The molecule has 9 heteroatoms. The van der Waals surface area contributed by atoms with Crippen molar-refractivity contribution >= 4 is 29.2 Å². The van der Waals surface area contributed by atoms with Crippen LogP contribution in [0.1, 0.15) is 19.8 Å². The molecule has 8 N–H and O–H groups in total. The lowest BCUT2D eigenvalue weighted by atomic mass is 10.2. The van der Waals surface area contributed by atoms with Crippen LogP contribution in [0.15, 0.2) is 22.9 Å². The molecule has 1 heterocycles. The fraction of sp³-hybridized carbons (Fsp3) is 0.417. The molecule has 0 aliphatic carbocycles. The molecule has 1 rings (SSSR count). The van der Waals surface area contributed by atoms with Gasteiger partial charge in [0.05, 0.1) is 0 Å². The van der Waals surface area contributed by atoms with Gasteiger partial charge in [-0.1, -0.05) is 12.1 Å². The van der Waals surface area contributed by atoms with Crippen molar-refractivity contribution in [3.63, 3.8) is 0 Å². The summed E-state index contributed by atoms with van der Waals surface area (Å²) in [5, 5.41) is 29.2. The largest absolute Gasteiger partial charge is 0.481 e. The summed E-state index contributed by atoms with van der Waals surface area (Å²) in [6, 6.07) is 3.22. The molecule has 0 saturated heterocycles. The first kappa shape index (κ1) is 21.2. The van der Waals surface area contributed by atoms with E-state index in [1.807, 2.05) is 22.9 Å². The Morgan fingerprint density at radius 3 is 2.10 bits per heavy atom. The van der Waals surface area contributed by atoms with Crippen LogP contribution in [0, 0.1) is 5.41 Å². The van der Waals surface area contributed by atoms with Crippen molar-refractivity contribution in [2.75, 3.05) is 6.54 Å². The summed E-state index contributed by atoms with van der Waals surface area (Å²) < 4.78 is 0. The zero-order chi connectivity index (χ0) is 16.7. The van der Waals surface area contributed by atoms with Gasteiger partial charge in [0.25, 0.3) is 5.97 Å². The number of nitrogens with one attached hydrogen (secondary N) is 2. The summed E-state index contributed by atoms with van der Waals surface area (Å²) >= 11 is 1.71. The lowest BCUT2D eigenvalue weighted by molar-refractivity contribution is -0.138. The monoisotopic (exact) mass is 318 g/mol. The van der Waals surface area contributed by atoms with Gasteiger partial charge in [0, 0.05) is 13.5 Å². The Morgan fingerprint density at radius 2 is 1.81 bits per heavy atom. The van der Waals surface area contributed by atoms with Crippen molar-refractivity contribution in [2.24, 2.45) is 11.5 Å². The van der Waals surface area contributed by atoms with Crippen molar-refractivity contribution in [1.29, 1.82) is 5.41 Å². The van der Waals surface area contributed by atoms with Crippen LogP contribution in [-0.4, -0.2) is 40.7 Å². The van der Waals surface area contributed by atoms with Crippen molar-refractivity contribution in [2.45, 2.75) is 25.8 Å². The number of aliphatic carboxylic acids is 2. The van der Waals surface area contributed by atoms with Gasteiger partial charge >= 0.3 is 5.97 Å². The second-order valence-corrected chi connectivity index (χ2v) is 4.56. The van der Waals surface area contributed by atoms with Crippen molar-refractivity contribution in [3.05, 3.63) is 22.9 Å². The van der Waals surface area contributed by atoms with E-state index in [2.05, 4.69) is 5.32 Å². The van der Waals surface area contributed by atoms with Crippen molar-refractivity contribution < 1.29 is 19.8 Å². The average Bonchev–Trinajstić information content (AvgIpc) is 2.92. The summed E-state index contributed by atoms with van der Waals surface area (Å²) in [5.74, 6) is -1.95. The normalized spacial score (nSPS) is 10.0. The van der Waals surface area contributed by atoms with Crippen LogP contribution < -0.4 is 16.8 Å². The highest BCUT2D eigenvalue weighted by Gasteiger charge is 2.09. The van der Waals surface area contributed by atoms with Crippen LogP contribution in [-0.2, 0) is 9.59 Å². The van der Waals surface area contributed by atoms with Gasteiger partial charge in [-0.3, -0.25) is 15.0 Å². The number of rotatable bonds is 5. The molecule has 21 heavy (non-hydrogen) atoms. The molecule has 0 aliphatic heterocycles. The third-order valence-electron chi connectivity index (χ3n) is 1.75. The maximum absolute atomic E-state index is 10.2. The quantitative estimate of drug-likeness (QED) is 0.261. The van der Waals surface area contributed by atoms with Gasteiger partial charge in [-0.05, 0) is 23.6 Å². The Balaban J connectivity index is 0. The van der Waals surface area contributed by atoms with Gasteiger partial charge in [-0.2, -0.15) is 11.3 Å². The van der Waals surface area contributed by atoms with E-state index in [1.54, 1.807) is 11.3 Å². The molecule has 0 spiro atoms. The predicted molar refractivity (Wildman–Crippen MR) is 82.4 cm³/mol. The smallest absolute Gasteiger partial charge is 0.320 e. The van der Waals surface area contributed by atoms with Crippen molar-refractivity contribution in [1.82, 2.24) is 5.32 Å². The maximum atomic E-state index is 10.2. The minimum absolute atomic E-state index is 0.112. The zero-order valence-electron chi connectivity index (χ0n) is 11.8. The molecule has 1 aromatic rings. The summed E-state index contributed by atoms with van der Waals surface area (Å²) in [7, 11) is 0. The van der Waals surface area contributed by atoms with E-state index in [0.717, 1.165) is 6.92 Å². The van der Waals surface area contributed by atoms with Crippen molar-refractivity contribution in [3.8, 4) is 0 Å². The van der Waals surface area contributed by atoms with Gasteiger partial charge in [0.15, 0.2) is 5.96 Å². The summed E-state index contributed by atoms with van der Waals surface area (Å²) in [4.78, 5) is 19.2. The maximum Gasteiger partial charge on any atom is 0.320 e. The standard InChI is InChI=1S/C6H14N4O2.C4H4S.C2H4O2/c7-4(5(11)12)2-1-3-10-6(8)9;1-2-4-5-3-1;1-2(3)4/h4H,1-3,7H2,(H,11,12)(H4,8,9,10);1-4H;1H3,(H,3,4)/t4-;;/m0../s1. The first-order valence-electron chi connectivity index (χ1n) is 6.00. The van der Waals surface area contributed by atoms with E-state index >= 15 is 0 Å². The fourth-order valence-corrected chi connectivity index (χ4v) is 1.35. The topological polar surface area (TPSA) is 163 Å². The van der Waals surface area contributed by atoms with Gasteiger partial charge in [0.1, 0.15) is 6.04 Å². The number of carbonyl (C=O) groups is 2. The minimum Gasteiger partial charge on any atom is -0.481 e. The average molecular weight is 318 g/mol. The van der Waals surface area contributed by atoms with E-state index in [-0.39, 0.29) is 5.96 Å². The highest BCUT2D eigenvalue weighted by molar-refractivity contribution is 7.07. The molecule has 0 radical (unpaired) electrons. The Labute approximate surface area is 127 Å². The predicted octanol–water partition coefficient (Wildman–Crippen LogP) is 0.501. The molecule has 0 unspecified atom stereocenters. The third kappa shape index (κ3) is 23.4. The number of carboxylic acid groups (broad SMARTS) is 2. The summed E-state index contributed by atoms with van der Waals surface area (Å²) in [6.45, 7) is 1.57. The second-order valence-electron chi connectivity index (χ2n) is 3.74. The highest BCUT2D eigenvalue weighted by atomic mass is 32.1. The third-order valence-corrected chi connectivity index (χ3v) is 2.38. The van der Waals surface area contributed by atoms with Crippen LogP contribution in [0.5, 0.6) is 0 Å². The Hall–Kier alpha value is -2.13. The van der Waals surface area contributed by atoms with Gasteiger partial charge in [0.2, 0.25) is 0 Å². The zero-order valence-corrected chi connectivity index (χ0v) is 12.6. The van der Waals surface area contributed by atoms with E-state index in [4.69, 9.17) is 31.9 Å². The molecule has 0 aromatic carbocycles. The van der Waals surface area contributed by atoms with Gasteiger partial charge < -0.3 is 27.0 Å². The lowest BCUT2D eigenvalue weighted by Gasteiger charge is -2.06. The summed E-state index contributed by atoms with van der Waals surface area (Å²) in [6.07, 6.45) is 0.975. The molecule has 120 valence electrons. The molecular formula is C12H22N4O4S. The van der Waals surface area contributed by atoms with Gasteiger partial charge in [-0.15, -0.1) is 0 Å². The molecule has 0 aliphatic rings. The van der Waals surface area contributed by atoms with Crippen LogP contribution in [0.3, 0.4) is 0 Å². The van der Waals surface area contributed by atoms with Crippen LogP contribution >= 0.6 is 11.3 Å². The first-order valence-corrected chi connectivity index (χ1v) is 6.94. The Bertz CT molecular complexity index is 377. The first-order chi connectivity index (χ1) is 9.77. The van der Waals surface area contributed by atoms with Gasteiger partial charge in [-0.25, -0.2) is 0 Å². The number of thiophene rings is 1. The van der Waals surface area contributed by atoms with Crippen LogP contribution in [0.2, 0.25) is 0 Å². The fourth-order valence-electron chi connectivity index (χ4n) is 0.895. The molecule has 0 saturated carbocycles. The highest BCUT2D eigenvalue weighted by Crippen LogP contribution is 1.92. The number of hydrogen-bond acceptors (Lipinski definition) is 5. The minimum atomic E-state index is -1.00. The molecule has 0 amide bonds. The number of guanidine groups is 1. The Kier molecular flexibility index (Phi) is 14.4. The molecule has 1 aromatic heterocycles. The molecule has 1 atom stereocenters. The van der Waals surface area contributed by atoms with Crippen LogP contribution in [0.4, 0.5) is 0 Å². The number of hydrogen-bond donors (Lipinski definition) is 6. The number of nitrogens with two attached hydrogens (primary N) is 2. The van der Waals surface area contributed by atoms with E-state index in [1.165, 1.54) is 0 Å². The van der Waals surface area contributed by atoms with E-state index in [0.29, 0.717) is 19.4 Å². The number of carboxylic acids is 2. The van der Waals surface area contributed by atoms with Crippen LogP contribution in [0.25, 0.3) is 0 Å². The lowest BCUT2D eigenvalue weighted by Crippen LogP contribution is -2.34. The Morgan fingerprint density at radius 1 is 1.33 bits per heavy atom. The summed E-state index contributed by atoms with van der Waals surface area (Å²) in [5.41, 5.74) is 10.2.